The molecule has 0 aromatic heterocycles. The number of ether oxygens (including phenoxy) is 1. The predicted octanol–water partition coefficient (Wildman–Crippen LogP) is 6.12. The lowest BCUT2D eigenvalue weighted by atomic mass is 9.76. The molecule has 3 fully saturated rings. The van der Waals surface area contributed by atoms with Gasteiger partial charge in [-0.15, -0.1) is 0 Å². The first-order chi connectivity index (χ1) is 12.9. The van der Waals surface area contributed by atoms with E-state index >= 15 is 0 Å². The highest BCUT2D eigenvalue weighted by atomic mass is 19.2. The van der Waals surface area contributed by atoms with Gasteiger partial charge in [0.05, 0.1) is 5.92 Å². The molecule has 0 bridgehead atoms. The van der Waals surface area contributed by atoms with E-state index in [0.717, 1.165) is 37.5 Å². The molecule has 0 saturated heterocycles. The van der Waals surface area contributed by atoms with Crippen molar-refractivity contribution in [1.82, 2.24) is 0 Å². The number of rotatable bonds is 5. The maximum atomic E-state index is 13.5. The fraction of sp³-hybridized carbons (Fsp3) is 0.955. The minimum Gasteiger partial charge on any atom is -0.462 e. The van der Waals surface area contributed by atoms with Gasteiger partial charge >= 0.3 is 5.97 Å². The first-order valence-electron chi connectivity index (χ1n) is 11.0. The fourth-order valence-corrected chi connectivity index (χ4v) is 5.22. The van der Waals surface area contributed by atoms with Crippen LogP contribution in [0.1, 0.15) is 84.0 Å². The average molecular weight is 389 g/mol. The SMILES string of the molecule is CC1CCC(CCC2CCC(C(=O)OC3CC(F)C(F)C(F)C3)CC2)CC1. The molecule has 0 spiro atoms. The Morgan fingerprint density at radius 3 is 1.81 bits per heavy atom. The van der Waals surface area contributed by atoms with Crippen LogP contribution in [0.4, 0.5) is 13.2 Å². The van der Waals surface area contributed by atoms with Gasteiger partial charge in [0.15, 0.2) is 6.17 Å². The third-order valence-corrected chi connectivity index (χ3v) is 7.25. The van der Waals surface area contributed by atoms with Crippen molar-refractivity contribution in [3.05, 3.63) is 0 Å². The Morgan fingerprint density at radius 2 is 1.30 bits per heavy atom. The second kappa shape index (κ2) is 9.65. The highest BCUT2D eigenvalue weighted by Gasteiger charge is 2.41. The van der Waals surface area contributed by atoms with Crippen molar-refractivity contribution in [2.75, 3.05) is 0 Å². The lowest BCUT2D eigenvalue weighted by Gasteiger charge is -2.33. The molecule has 3 aliphatic rings. The number of halogens is 3. The van der Waals surface area contributed by atoms with Crippen LogP contribution < -0.4 is 0 Å². The van der Waals surface area contributed by atoms with E-state index in [4.69, 9.17) is 4.74 Å². The van der Waals surface area contributed by atoms with Crippen LogP contribution >= 0.6 is 0 Å². The van der Waals surface area contributed by atoms with Crippen molar-refractivity contribution >= 4 is 5.97 Å². The Balaban J connectivity index is 1.34. The lowest BCUT2D eigenvalue weighted by Crippen LogP contribution is -2.42. The van der Waals surface area contributed by atoms with Crippen LogP contribution in [-0.2, 0) is 9.53 Å². The summed E-state index contributed by atoms with van der Waals surface area (Å²) < 4.78 is 45.5. The molecule has 27 heavy (non-hydrogen) atoms. The number of carbonyl (C=O) groups is 1. The molecule has 2 unspecified atom stereocenters. The molecule has 2 nitrogen and oxygen atoms in total. The third kappa shape index (κ3) is 5.87. The summed E-state index contributed by atoms with van der Waals surface area (Å²) >= 11 is 0. The normalized spacial score (nSPS) is 43.3. The summed E-state index contributed by atoms with van der Waals surface area (Å²) in [6.45, 7) is 2.35. The van der Waals surface area contributed by atoms with E-state index in [0.29, 0.717) is 5.92 Å². The summed E-state index contributed by atoms with van der Waals surface area (Å²) in [5.74, 6) is 1.98. The largest absolute Gasteiger partial charge is 0.462 e. The van der Waals surface area contributed by atoms with Gasteiger partial charge in [-0.2, -0.15) is 0 Å². The summed E-state index contributed by atoms with van der Waals surface area (Å²) in [5, 5.41) is 0. The van der Waals surface area contributed by atoms with Crippen molar-refractivity contribution in [3.8, 4) is 0 Å². The van der Waals surface area contributed by atoms with E-state index in [-0.39, 0.29) is 24.7 Å². The smallest absolute Gasteiger partial charge is 0.309 e. The molecule has 156 valence electrons. The quantitative estimate of drug-likeness (QED) is 0.530. The molecule has 2 atom stereocenters. The van der Waals surface area contributed by atoms with E-state index in [2.05, 4.69) is 6.92 Å². The molecular weight excluding hydrogens is 353 g/mol. The molecule has 0 N–H and O–H groups in total. The molecule has 3 rings (SSSR count). The van der Waals surface area contributed by atoms with Crippen LogP contribution in [0.5, 0.6) is 0 Å². The van der Waals surface area contributed by atoms with E-state index in [1.54, 1.807) is 0 Å². The standard InChI is InChI=1S/C22H35F3O2/c1-14-2-4-15(5-3-14)6-7-16-8-10-17(11-9-16)22(26)27-18-12-19(23)21(25)20(24)13-18/h14-21H,2-13H2,1H3. The van der Waals surface area contributed by atoms with E-state index in [9.17, 15) is 18.0 Å². The fourth-order valence-electron chi connectivity index (χ4n) is 5.22. The highest BCUT2D eigenvalue weighted by molar-refractivity contribution is 5.72. The van der Waals surface area contributed by atoms with Crippen LogP contribution in [0, 0.1) is 23.7 Å². The molecule has 5 heteroatoms. The first-order valence-corrected chi connectivity index (χ1v) is 11.0. The number of esters is 1. The average Bonchev–Trinajstić information content (AvgIpc) is 2.66. The lowest BCUT2D eigenvalue weighted by molar-refractivity contribution is -0.161. The Morgan fingerprint density at radius 1 is 0.815 bits per heavy atom. The molecule has 0 aliphatic heterocycles. The molecular formula is C22H35F3O2. The zero-order valence-electron chi connectivity index (χ0n) is 16.6. The van der Waals surface area contributed by atoms with E-state index < -0.39 is 24.6 Å². The van der Waals surface area contributed by atoms with Gasteiger partial charge in [-0.3, -0.25) is 4.79 Å². The maximum absolute atomic E-state index is 13.5. The monoisotopic (exact) mass is 388 g/mol. The van der Waals surface area contributed by atoms with Crippen molar-refractivity contribution in [1.29, 1.82) is 0 Å². The molecule has 0 amide bonds. The van der Waals surface area contributed by atoms with Crippen LogP contribution in [0.25, 0.3) is 0 Å². The zero-order chi connectivity index (χ0) is 19.4. The zero-order valence-corrected chi connectivity index (χ0v) is 16.6. The molecule has 3 saturated carbocycles. The summed E-state index contributed by atoms with van der Waals surface area (Å²) in [6, 6.07) is 0. The van der Waals surface area contributed by atoms with Crippen molar-refractivity contribution in [3.63, 3.8) is 0 Å². The summed E-state index contributed by atoms with van der Waals surface area (Å²) in [4.78, 5) is 12.3. The van der Waals surface area contributed by atoms with Gasteiger partial charge in [-0.05, 0) is 43.4 Å². The van der Waals surface area contributed by atoms with Gasteiger partial charge in [0.25, 0.3) is 0 Å². The molecule has 0 aromatic carbocycles. The Labute approximate surface area is 161 Å². The molecule has 0 heterocycles. The topological polar surface area (TPSA) is 26.3 Å². The molecule has 0 radical (unpaired) electrons. The second-order valence-electron chi connectivity index (χ2n) is 9.43. The summed E-state index contributed by atoms with van der Waals surface area (Å²) in [5.41, 5.74) is 0. The van der Waals surface area contributed by atoms with Gasteiger partial charge in [-0.1, -0.05) is 45.4 Å². The van der Waals surface area contributed by atoms with Gasteiger partial charge in [0.2, 0.25) is 0 Å². The van der Waals surface area contributed by atoms with Gasteiger partial charge in [0.1, 0.15) is 18.4 Å². The van der Waals surface area contributed by atoms with Crippen LogP contribution in [0.15, 0.2) is 0 Å². The van der Waals surface area contributed by atoms with E-state index in [1.807, 2.05) is 0 Å². The number of alkyl halides is 3. The number of hydrogen-bond acceptors (Lipinski definition) is 2. The highest BCUT2D eigenvalue weighted by Crippen LogP contribution is 2.37. The van der Waals surface area contributed by atoms with Crippen LogP contribution in [0.3, 0.4) is 0 Å². The first kappa shape index (κ1) is 21.0. The third-order valence-electron chi connectivity index (χ3n) is 7.25. The van der Waals surface area contributed by atoms with Gasteiger partial charge in [-0.25, -0.2) is 13.2 Å². The van der Waals surface area contributed by atoms with Crippen LogP contribution in [0.2, 0.25) is 0 Å². The van der Waals surface area contributed by atoms with Crippen molar-refractivity contribution in [2.24, 2.45) is 23.7 Å². The van der Waals surface area contributed by atoms with Crippen LogP contribution in [-0.4, -0.2) is 30.6 Å². The van der Waals surface area contributed by atoms with Gasteiger partial charge < -0.3 is 4.74 Å². The van der Waals surface area contributed by atoms with Crippen molar-refractivity contribution < 1.29 is 22.7 Å². The Hall–Kier alpha value is -0.740. The maximum Gasteiger partial charge on any atom is 0.309 e. The van der Waals surface area contributed by atoms with Gasteiger partial charge in [0, 0.05) is 12.8 Å². The predicted molar refractivity (Wildman–Crippen MR) is 99.6 cm³/mol. The summed E-state index contributed by atoms with van der Waals surface area (Å²) in [6.07, 6.45) is 4.66. The van der Waals surface area contributed by atoms with E-state index in [1.165, 1.54) is 38.5 Å². The molecule has 0 aromatic rings. The minimum atomic E-state index is -2.08. The molecule has 3 aliphatic carbocycles. The Kier molecular flexibility index (Phi) is 7.49. The Bertz CT molecular complexity index is 458. The minimum absolute atomic E-state index is 0.156. The van der Waals surface area contributed by atoms with Crippen molar-refractivity contribution in [2.45, 2.75) is 109 Å². The second-order valence-corrected chi connectivity index (χ2v) is 9.43. The number of carbonyl (C=O) groups excluding carboxylic acids is 1. The summed E-state index contributed by atoms with van der Waals surface area (Å²) in [7, 11) is 0. The number of hydrogen-bond donors (Lipinski definition) is 0.